The Morgan fingerprint density at radius 3 is 2.80 bits per heavy atom. The first-order valence-electron chi connectivity index (χ1n) is 4.18. The first kappa shape index (κ1) is 11.0. The summed E-state index contributed by atoms with van der Waals surface area (Å²) in [6.07, 6.45) is 0. The van der Waals surface area contributed by atoms with E-state index >= 15 is 0 Å². The largest absolute Gasteiger partial charge is 0.359 e. The van der Waals surface area contributed by atoms with Gasteiger partial charge in [0.05, 0.1) is 10.9 Å². The van der Waals surface area contributed by atoms with Crippen LogP contribution in [0.2, 0.25) is 5.02 Å². The molecule has 2 nitrogen and oxygen atoms in total. The highest BCUT2D eigenvalue weighted by Crippen LogP contribution is 2.34. The Hall–Kier alpha value is -0.510. The average Bonchev–Trinajstić information content (AvgIpc) is 2.66. The molecule has 0 aliphatic rings. The highest BCUT2D eigenvalue weighted by Gasteiger charge is 2.12. The van der Waals surface area contributed by atoms with Crippen molar-refractivity contribution in [2.24, 2.45) is 0 Å². The lowest BCUT2D eigenvalue weighted by molar-refractivity contribution is 0.396. The van der Waals surface area contributed by atoms with E-state index in [2.05, 4.69) is 21.1 Å². The normalized spacial score (nSPS) is 10.6. The van der Waals surface area contributed by atoms with E-state index in [4.69, 9.17) is 27.7 Å². The van der Waals surface area contributed by atoms with Gasteiger partial charge in [-0.05, 0) is 12.1 Å². The van der Waals surface area contributed by atoms with Crippen molar-refractivity contribution < 1.29 is 4.52 Å². The van der Waals surface area contributed by atoms with Crippen LogP contribution in [0.3, 0.4) is 0 Å². The van der Waals surface area contributed by atoms with Gasteiger partial charge < -0.3 is 4.52 Å². The van der Waals surface area contributed by atoms with Gasteiger partial charge in [0.15, 0.2) is 5.76 Å². The molecule has 0 atom stereocenters. The first-order chi connectivity index (χ1) is 7.22. The number of hydrogen-bond acceptors (Lipinski definition) is 2. The van der Waals surface area contributed by atoms with E-state index in [1.54, 1.807) is 12.1 Å². The molecule has 2 aromatic rings. The second-order valence-electron chi connectivity index (χ2n) is 2.91. The third kappa shape index (κ3) is 2.19. The minimum atomic E-state index is 0.301. The van der Waals surface area contributed by atoms with E-state index < -0.39 is 0 Å². The molecule has 0 fully saturated rings. The third-order valence-electron chi connectivity index (χ3n) is 1.91. The van der Waals surface area contributed by atoms with Crippen molar-refractivity contribution in [1.29, 1.82) is 0 Å². The number of hydrogen-bond donors (Lipinski definition) is 0. The summed E-state index contributed by atoms with van der Waals surface area (Å²) < 4.78 is 5.90. The van der Waals surface area contributed by atoms with Crippen LogP contribution in [0.1, 0.15) is 5.76 Å². The van der Waals surface area contributed by atoms with Gasteiger partial charge in [-0.15, -0.1) is 11.6 Å². The predicted octanol–water partition coefficient (Wildman–Crippen LogP) is 4.50. The zero-order valence-corrected chi connectivity index (χ0v) is 10.6. The van der Waals surface area contributed by atoms with Gasteiger partial charge in [0.1, 0.15) is 5.69 Å². The molecule has 0 aliphatic carbocycles. The number of rotatable bonds is 2. The Balaban J connectivity index is 2.53. The summed E-state index contributed by atoms with van der Waals surface area (Å²) >= 11 is 15.1. The van der Waals surface area contributed by atoms with E-state index in [-0.39, 0.29) is 0 Å². The number of aromatic nitrogens is 1. The van der Waals surface area contributed by atoms with Gasteiger partial charge in [-0.2, -0.15) is 0 Å². The summed E-state index contributed by atoms with van der Waals surface area (Å²) in [5, 5.41) is 4.53. The predicted molar refractivity (Wildman–Crippen MR) is 64.2 cm³/mol. The molecule has 0 saturated heterocycles. The lowest BCUT2D eigenvalue weighted by Gasteiger charge is -2.01. The zero-order valence-electron chi connectivity index (χ0n) is 7.51. The van der Waals surface area contributed by atoms with Crippen molar-refractivity contribution in [1.82, 2.24) is 5.16 Å². The molecule has 1 heterocycles. The average molecular weight is 307 g/mol. The topological polar surface area (TPSA) is 26.0 Å². The van der Waals surface area contributed by atoms with Gasteiger partial charge >= 0.3 is 0 Å². The van der Waals surface area contributed by atoms with Crippen molar-refractivity contribution in [2.45, 2.75) is 5.88 Å². The second-order valence-corrected chi connectivity index (χ2v) is 4.44. The highest BCUT2D eigenvalue weighted by molar-refractivity contribution is 9.10. The Labute approximate surface area is 105 Å². The van der Waals surface area contributed by atoms with Crippen molar-refractivity contribution in [3.8, 4) is 11.3 Å². The van der Waals surface area contributed by atoms with Crippen molar-refractivity contribution in [3.05, 3.63) is 39.5 Å². The fourth-order valence-electron chi connectivity index (χ4n) is 1.24. The number of alkyl halides is 1. The Morgan fingerprint density at radius 1 is 1.40 bits per heavy atom. The first-order valence-corrected chi connectivity index (χ1v) is 5.89. The Morgan fingerprint density at radius 2 is 2.20 bits per heavy atom. The van der Waals surface area contributed by atoms with Crippen LogP contribution in [0.4, 0.5) is 0 Å². The lowest BCUT2D eigenvalue weighted by Crippen LogP contribution is -1.80. The van der Waals surface area contributed by atoms with E-state index in [1.807, 2.05) is 12.1 Å². The molecule has 1 aromatic heterocycles. The smallest absolute Gasteiger partial charge is 0.152 e. The van der Waals surface area contributed by atoms with Crippen LogP contribution < -0.4 is 0 Å². The molecule has 0 radical (unpaired) electrons. The number of benzene rings is 1. The summed E-state index contributed by atoms with van der Waals surface area (Å²) in [6.45, 7) is 0. The fourth-order valence-corrected chi connectivity index (χ4v) is 2.32. The standard InChI is InChI=1S/C10H6BrCl2NO/c11-7-2-1-3-8(13)10(7)9-4-6(5-12)15-14-9/h1-4H,5H2. The molecule has 0 bridgehead atoms. The van der Waals surface area contributed by atoms with Crippen LogP contribution in [0.25, 0.3) is 11.3 Å². The van der Waals surface area contributed by atoms with Gasteiger partial charge in [0, 0.05) is 16.1 Å². The summed E-state index contributed by atoms with van der Waals surface area (Å²) in [7, 11) is 0. The van der Waals surface area contributed by atoms with E-state index in [0.717, 1.165) is 10.0 Å². The quantitative estimate of drug-likeness (QED) is 0.764. The second kappa shape index (κ2) is 4.56. The summed E-state index contributed by atoms with van der Waals surface area (Å²) in [6, 6.07) is 7.34. The molecule has 0 aliphatic heterocycles. The van der Waals surface area contributed by atoms with Gasteiger partial charge in [-0.3, -0.25) is 0 Å². The minimum Gasteiger partial charge on any atom is -0.359 e. The summed E-state index contributed by atoms with van der Waals surface area (Å²) in [5.74, 6) is 0.924. The van der Waals surface area contributed by atoms with Crippen molar-refractivity contribution in [3.63, 3.8) is 0 Å². The van der Waals surface area contributed by atoms with E-state index in [0.29, 0.717) is 22.4 Å². The van der Waals surface area contributed by atoms with E-state index in [1.165, 1.54) is 0 Å². The van der Waals surface area contributed by atoms with Gasteiger partial charge in [0.2, 0.25) is 0 Å². The molecule has 15 heavy (non-hydrogen) atoms. The molecule has 78 valence electrons. The maximum absolute atomic E-state index is 6.07. The Bertz CT molecular complexity index is 464. The molecule has 0 amide bonds. The highest BCUT2D eigenvalue weighted by atomic mass is 79.9. The molecule has 5 heteroatoms. The van der Waals surface area contributed by atoms with Crippen molar-refractivity contribution in [2.75, 3.05) is 0 Å². The zero-order chi connectivity index (χ0) is 10.8. The molecule has 0 spiro atoms. The molecule has 1 aromatic carbocycles. The fraction of sp³-hybridized carbons (Fsp3) is 0.100. The molecular weight excluding hydrogens is 301 g/mol. The van der Waals surface area contributed by atoms with Crippen LogP contribution in [-0.2, 0) is 5.88 Å². The van der Waals surface area contributed by atoms with Crippen LogP contribution in [-0.4, -0.2) is 5.16 Å². The molecule has 0 N–H and O–H groups in total. The molecule has 2 rings (SSSR count). The van der Waals surface area contributed by atoms with Crippen molar-refractivity contribution >= 4 is 39.1 Å². The third-order valence-corrected chi connectivity index (χ3v) is 3.15. The van der Waals surface area contributed by atoms with Crippen LogP contribution in [0.15, 0.2) is 33.3 Å². The van der Waals surface area contributed by atoms with E-state index in [9.17, 15) is 0 Å². The minimum absolute atomic E-state index is 0.301. The monoisotopic (exact) mass is 305 g/mol. The van der Waals surface area contributed by atoms with Gasteiger partial charge in [-0.1, -0.05) is 38.8 Å². The number of nitrogens with zero attached hydrogens (tertiary/aromatic N) is 1. The van der Waals surface area contributed by atoms with Crippen LogP contribution in [0, 0.1) is 0 Å². The van der Waals surface area contributed by atoms with Crippen LogP contribution >= 0.6 is 39.1 Å². The van der Waals surface area contributed by atoms with Gasteiger partial charge in [0.25, 0.3) is 0 Å². The maximum Gasteiger partial charge on any atom is 0.152 e. The lowest BCUT2D eigenvalue weighted by atomic mass is 10.1. The SMILES string of the molecule is ClCc1cc(-c2c(Cl)cccc2Br)no1. The molecule has 0 unspecified atom stereocenters. The number of halogens is 3. The Kier molecular flexibility index (Phi) is 3.34. The van der Waals surface area contributed by atoms with Gasteiger partial charge in [-0.25, -0.2) is 0 Å². The summed E-state index contributed by atoms with van der Waals surface area (Å²) in [4.78, 5) is 0. The van der Waals surface area contributed by atoms with Crippen LogP contribution in [0.5, 0.6) is 0 Å². The maximum atomic E-state index is 6.07. The molecule has 0 saturated carbocycles. The molecular formula is C10H6BrCl2NO. The summed E-state index contributed by atoms with van der Waals surface area (Å²) in [5.41, 5.74) is 1.50.